The molecule has 0 saturated carbocycles. The molecular weight excluding hydrogens is 304 g/mol. The lowest BCUT2D eigenvalue weighted by Gasteiger charge is -2.46. The topological polar surface area (TPSA) is 6.48 Å². The molecule has 0 aliphatic carbocycles. The van der Waals surface area contributed by atoms with Crippen LogP contribution in [0.5, 0.6) is 0 Å². The van der Waals surface area contributed by atoms with Gasteiger partial charge in [0.15, 0.2) is 0 Å². The lowest BCUT2D eigenvalue weighted by Crippen LogP contribution is -2.50. The van der Waals surface area contributed by atoms with Crippen LogP contribution in [0.2, 0.25) is 0 Å². The normalized spacial score (nSPS) is 25.8. The molecule has 0 N–H and O–H groups in total. The Bertz CT molecular complexity index is 706. The molecule has 0 aromatic heterocycles. The van der Waals surface area contributed by atoms with Crippen LogP contribution >= 0.6 is 0 Å². The first-order valence-electron chi connectivity index (χ1n) is 10.1. The third kappa shape index (κ3) is 2.77. The van der Waals surface area contributed by atoms with Crippen LogP contribution in [-0.2, 0) is 6.42 Å². The zero-order valence-electron chi connectivity index (χ0n) is 15.0. The summed E-state index contributed by atoms with van der Waals surface area (Å²) in [6, 6.07) is 18.9. The van der Waals surface area contributed by atoms with Crippen LogP contribution in [0.25, 0.3) is 0 Å². The van der Waals surface area contributed by atoms with Gasteiger partial charge in [-0.05, 0) is 68.0 Å². The molecular formula is C23H28N2. The fourth-order valence-electron chi connectivity index (χ4n) is 5.40. The fraction of sp³-hybridized carbons (Fsp3) is 0.478. The molecule has 0 radical (unpaired) electrons. The van der Waals surface area contributed by atoms with Gasteiger partial charge in [-0.3, -0.25) is 0 Å². The number of nitrogens with zero attached hydrogens (tertiary/aromatic N) is 2. The van der Waals surface area contributed by atoms with E-state index in [1.165, 1.54) is 74.2 Å². The van der Waals surface area contributed by atoms with Gasteiger partial charge in [0.1, 0.15) is 0 Å². The van der Waals surface area contributed by atoms with Crippen molar-refractivity contribution in [3.05, 3.63) is 59.7 Å². The van der Waals surface area contributed by atoms with Crippen LogP contribution in [0.1, 0.15) is 43.2 Å². The SMILES string of the molecule is c1ccc2c(c1)Cc1ccccc1N2CC1CCCN2CCCCC12. The highest BCUT2D eigenvalue weighted by Gasteiger charge is 2.35. The largest absolute Gasteiger partial charge is 0.341 e. The molecule has 2 aromatic rings. The number of hydrogen-bond acceptors (Lipinski definition) is 2. The van der Waals surface area contributed by atoms with Crippen molar-refractivity contribution in [2.75, 3.05) is 24.5 Å². The van der Waals surface area contributed by atoms with Crippen molar-refractivity contribution in [3.63, 3.8) is 0 Å². The zero-order chi connectivity index (χ0) is 16.6. The first-order chi connectivity index (χ1) is 12.4. The van der Waals surface area contributed by atoms with Gasteiger partial charge in [-0.15, -0.1) is 0 Å². The molecule has 3 aliphatic rings. The van der Waals surface area contributed by atoms with Crippen LogP contribution in [0, 0.1) is 5.92 Å². The lowest BCUT2D eigenvalue weighted by molar-refractivity contribution is 0.0631. The summed E-state index contributed by atoms with van der Waals surface area (Å²) >= 11 is 0. The molecule has 0 spiro atoms. The summed E-state index contributed by atoms with van der Waals surface area (Å²) in [5.74, 6) is 0.799. The van der Waals surface area contributed by atoms with Crippen molar-refractivity contribution >= 4 is 11.4 Å². The first-order valence-corrected chi connectivity index (χ1v) is 10.1. The maximum Gasteiger partial charge on any atom is 0.0446 e. The Labute approximate surface area is 151 Å². The van der Waals surface area contributed by atoms with Gasteiger partial charge in [-0.25, -0.2) is 0 Å². The van der Waals surface area contributed by atoms with Crippen molar-refractivity contribution in [2.45, 2.75) is 44.6 Å². The Hall–Kier alpha value is -1.80. The van der Waals surface area contributed by atoms with E-state index in [2.05, 4.69) is 58.3 Å². The third-order valence-electron chi connectivity index (χ3n) is 6.59. The monoisotopic (exact) mass is 332 g/mol. The summed E-state index contributed by atoms with van der Waals surface area (Å²) < 4.78 is 0. The Balaban J connectivity index is 1.49. The fourth-order valence-corrected chi connectivity index (χ4v) is 5.40. The lowest BCUT2D eigenvalue weighted by atomic mass is 9.82. The van der Waals surface area contributed by atoms with Crippen LogP contribution < -0.4 is 4.90 Å². The Kier molecular flexibility index (Phi) is 4.01. The molecule has 0 amide bonds. The number of benzene rings is 2. The molecule has 2 nitrogen and oxygen atoms in total. The van der Waals surface area contributed by atoms with Crippen LogP contribution in [0.15, 0.2) is 48.5 Å². The van der Waals surface area contributed by atoms with E-state index in [4.69, 9.17) is 0 Å². The summed E-state index contributed by atoms with van der Waals surface area (Å²) in [4.78, 5) is 5.43. The second kappa shape index (κ2) is 6.49. The summed E-state index contributed by atoms with van der Waals surface area (Å²) in [7, 11) is 0. The number of fused-ring (bicyclic) bond motifs is 3. The zero-order valence-corrected chi connectivity index (χ0v) is 15.0. The van der Waals surface area contributed by atoms with E-state index in [-0.39, 0.29) is 0 Å². The molecule has 130 valence electrons. The van der Waals surface area contributed by atoms with Crippen molar-refractivity contribution in [1.29, 1.82) is 0 Å². The van der Waals surface area contributed by atoms with Gasteiger partial charge < -0.3 is 9.80 Å². The predicted molar refractivity (Wildman–Crippen MR) is 105 cm³/mol. The highest BCUT2D eigenvalue weighted by atomic mass is 15.2. The maximum atomic E-state index is 2.79. The summed E-state index contributed by atoms with van der Waals surface area (Å²) in [6.07, 6.45) is 8.06. The molecule has 2 atom stereocenters. The average Bonchev–Trinajstić information content (AvgIpc) is 2.68. The van der Waals surface area contributed by atoms with Gasteiger partial charge in [-0.2, -0.15) is 0 Å². The van der Waals surface area contributed by atoms with Gasteiger partial charge in [0.25, 0.3) is 0 Å². The highest BCUT2D eigenvalue weighted by molar-refractivity contribution is 5.74. The average molecular weight is 332 g/mol. The second-order valence-corrected chi connectivity index (χ2v) is 8.05. The Morgan fingerprint density at radius 2 is 1.44 bits per heavy atom. The quantitative estimate of drug-likeness (QED) is 0.764. The second-order valence-electron chi connectivity index (χ2n) is 8.05. The molecule has 25 heavy (non-hydrogen) atoms. The van der Waals surface area contributed by atoms with Crippen LogP contribution in [0.3, 0.4) is 0 Å². The smallest absolute Gasteiger partial charge is 0.0446 e. The summed E-state index contributed by atoms with van der Waals surface area (Å²) in [5.41, 5.74) is 5.85. The molecule has 2 heteroatoms. The van der Waals surface area contributed by atoms with Crippen molar-refractivity contribution < 1.29 is 0 Å². The van der Waals surface area contributed by atoms with Gasteiger partial charge in [0.2, 0.25) is 0 Å². The standard InChI is InChI=1S/C23H28N2/c1-3-12-22-18(8-1)16-19-9-2-4-13-23(19)25(22)17-20-10-7-15-24-14-6-5-11-21(20)24/h1-4,8-9,12-13,20-21H,5-7,10-11,14-17H2. The third-order valence-corrected chi connectivity index (χ3v) is 6.59. The van der Waals surface area contributed by atoms with E-state index in [0.717, 1.165) is 18.4 Å². The number of hydrogen-bond donors (Lipinski definition) is 0. The molecule has 5 rings (SSSR count). The van der Waals surface area contributed by atoms with E-state index in [1.807, 2.05) is 0 Å². The van der Waals surface area contributed by atoms with E-state index in [0.29, 0.717) is 0 Å². The number of para-hydroxylation sites is 2. The van der Waals surface area contributed by atoms with Gasteiger partial charge in [0.05, 0.1) is 0 Å². The number of rotatable bonds is 2. The van der Waals surface area contributed by atoms with E-state index in [1.54, 1.807) is 0 Å². The Morgan fingerprint density at radius 1 is 0.760 bits per heavy atom. The maximum absolute atomic E-state index is 2.79. The minimum atomic E-state index is 0.799. The molecule has 2 saturated heterocycles. The van der Waals surface area contributed by atoms with Crippen molar-refractivity contribution in [1.82, 2.24) is 4.90 Å². The van der Waals surface area contributed by atoms with Crippen molar-refractivity contribution in [3.8, 4) is 0 Å². The van der Waals surface area contributed by atoms with Crippen LogP contribution in [-0.4, -0.2) is 30.6 Å². The molecule has 2 unspecified atom stereocenters. The van der Waals surface area contributed by atoms with Crippen molar-refractivity contribution in [2.24, 2.45) is 5.92 Å². The Morgan fingerprint density at radius 3 is 2.20 bits per heavy atom. The minimum absolute atomic E-state index is 0.799. The molecule has 3 heterocycles. The molecule has 2 fully saturated rings. The number of piperidine rings is 2. The van der Waals surface area contributed by atoms with Crippen LogP contribution in [0.4, 0.5) is 11.4 Å². The van der Waals surface area contributed by atoms with E-state index < -0.39 is 0 Å². The first kappa shape index (κ1) is 15.5. The van der Waals surface area contributed by atoms with Gasteiger partial charge in [0, 0.05) is 30.4 Å². The van der Waals surface area contributed by atoms with E-state index >= 15 is 0 Å². The van der Waals surface area contributed by atoms with E-state index in [9.17, 15) is 0 Å². The molecule has 2 aromatic carbocycles. The summed E-state index contributed by atoms with van der Waals surface area (Å²) in [5, 5.41) is 0. The predicted octanol–water partition coefficient (Wildman–Crippen LogP) is 4.99. The van der Waals surface area contributed by atoms with Gasteiger partial charge in [-0.1, -0.05) is 42.8 Å². The summed E-state index contributed by atoms with van der Waals surface area (Å²) in [6.45, 7) is 3.83. The minimum Gasteiger partial charge on any atom is -0.341 e. The number of anilines is 2. The highest BCUT2D eigenvalue weighted by Crippen LogP contribution is 2.41. The molecule has 3 aliphatic heterocycles. The van der Waals surface area contributed by atoms with Gasteiger partial charge >= 0.3 is 0 Å². The molecule has 0 bridgehead atoms.